The van der Waals surface area contributed by atoms with E-state index in [0.29, 0.717) is 29.1 Å². The molecular formula is C17H16F2N4O2. The summed E-state index contributed by atoms with van der Waals surface area (Å²) in [6.45, 7) is 2.58. The van der Waals surface area contributed by atoms with Crippen LogP contribution < -0.4 is 10.1 Å². The number of anilines is 1. The molecule has 0 aliphatic carbocycles. The number of aromatic nitrogens is 3. The molecule has 2 N–H and O–H groups in total. The molecule has 0 radical (unpaired) electrons. The first-order chi connectivity index (χ1) is 12.1. The predicted molar refractivity (Wildman–Crippen MR) is 88.6 cm³/mol. The molecule has 3 aromatic rings. The van der Waals surface area contributed by atoms with Gasteiger partial charge in [0.1, 0.15) is 5.69 Å². The number of H-pyrrole nitrogens is 1. The van der Waals surface area contributed by atoms with Gasteiger partial charge in [0.25, 0.3) is 5.91 Å². The Bertz CT molecular complexity index is 894. The second kappa shape index (κ2) is 7.25. The third-order valence-corrected chi connectivity index (χ3v) is 3.58. The molecule has 0 unspecified atom stereocenters. The minimum absolute atomic E-state index is 0.0831. The standard InChI is InChI=1S/C17H16F2N4O2/c1-2-3-4-25-16-9-21-15(8-22-16)17(24)23-14-7-20-13-6-12(19)11(18)5-10(13)14/h5-9,20H,2-4H2,1H3,(H,23,24). The van der Waals surface area contributed by atoms with E-state index in [1.165, 1.54) is 18.6 Å². The number of carbonyl (C=O) groups is 1. The van der Waals surface area contributed by atoms with E-state index in [9.17, 15) is 13.6 Å². The van der Waals surface area contributed by atoms with Crippen molar-refractivity contribution in [2.24, 2.45) is 0 Å². The van der Waals surface area contributed by atoms with Crippen molar-refractivity contribution in [1.29, 1.82) is 0 Å². The fourth-order valence-corrected chi connectivity index (χ4v) is 2.24. The van der Waals surface area contributed by atoms with E-state index in [1.807, 2.05) is 6.92 Å². The number of nitrogens with one attached hydrogen (secondary N) is 2. The Balaban J connectivity index is 1.73. The lowest BCUT2D eigenvalue weighted by Gasteiger charge is -2.05. The van der Waals surface area contributed by atoms with Crippen LogP contribution in [-0.2, 0) is 0 Å². The lowest BCUT2D eigenvalue weighted by atomic mass is 10.2. The summed E-state index contributed by atoms with van der Waals surface area (Å²) in [7, 11) is 0. The van der Waals surface area contributed by atoms with Gasteiger partial charge in [-0.2, -0.15) is 0 Å². The molecule has 0 aliphatic rings. The summed E-state index contributed by atoms with van der Waals surface area (Å²) < 4.78 is 32.0. The summed E-state index contributed by atoms with van der Waals surface area (Å²) in [5.41, 5.74) is 0.781. The molecule has 3 rings (SSSR count). The lowest BCUT2D eigenvalue weighted by molar-refractivity contribution is 0.102. The molecule has 2 aromatic heterocycles. The van der Waals surface area contributed by atoms with Crippen molar-refractivity contribution in [3.05, 3.63) is 48.1 Å². The second-order valence-corrected chi connectivity index (χ2v) is 5.41. The number of halogens is 2. The SMILES string of the molecule is CCCCOc1cnc(C(=O)Nc2c[nH]c3cc(F)c(F)cc23)cn1. The highest BCUT2D eigenvalue weighted by molar-refractivity contribution is 6.07. The number of hydrogen-bond donors (Lipinski definition) is 2. The van der Waals surface area contributed by atoms with E-state index < -0.39 is 17.5 Å². The van der Waals surface area contributed by atoms with Crippen molar-refractivity contribution in [2.45, 2.75) is 19.8 Å². The maximum Gasteiger partial charge on any atom is 0.275 e. The van der Waals surface area contributed by atoms with Crippen molar-refractivity contribution < 1.29 is 18.3 Å². The van der Waals surface area contributed by atoms with Gasteiger partial charge in [0, 0.05) is 17.6 Å². The molecule has 1 amide bonds. The zero-order valence-corrected chi connectivity index (χ0v) is 13.5. The van der Waals surface area contributed by atoms with E-state index in [2.05, 4.69) is 20.3 Å². The minimum atomic E-state index is -0.990. The number of ether oxygens (including phenoxy) is 1. The summed E-state index contributed by atoms with van der Waals surface area (Å²) in [5, 5.41) is 2.96. The highest BCUT2D eigenvalue weighted by Crippen LogP contribution is 2.25. The third-order valence-electron chi connectivity index (χ3n) is 3.58. The Morgan fingerprint density at radius 1 is 1.24 bits per heavy atom. The van der Waals surface area contributed by atoms with E-state index in [1.54, 1.807) is 0 Å². The predicted octanol–water partition coefficient (Wildman–Crippen LogP) is 3.67. The average molecular weight is 346 g/mol. The zero-order valence-electron chi connectivity index (χ0n) is 13.5. The molecule has 1 aromatic carbocycles. The average Bonchev–Trinajstić information content (AvgIpc) is 2.98. The first-order valence-electron chi connectivity index (χ1n) is 7.81. The topological polar surface area (TPSA) is 79.9 Å². The number of amides is 1. The Kier molecular flexibility index (Phi) is 4.87. The molecule has 6 nitrogen and oxygen atoms in total. The minimum Gasteiger partial charge on any atom is -0.477 e. The maximum absolute atomic E-state index is 13.4. The van der Waals surface area contributed by atoms with Gasteiger partial charge in [0.15, 0.2) is 11.6 Å². The number of nitrogens with zero attached hydrogens (tertiary/aromatic N) is 2. The first-order valence-corrected chi connectivity index (χ1v) is 7.81. The maximum atomic E-state index is 13.4. The van der Waals surface area contributed by atoms with Gasteiger partial charge in [-0.1, -0.05) is 13.3 Å². The summed E-state index contributed by atoms with van der Waals surface area (Å²) in [6.07, 6.45) is 6.03. The number of carbonyl (C=O) groups excluding carboxylic acids is 1. The Morgan fingerprint density at radius 3 is 2.76 bits per heavy atom. The van der Waals surface area contributed by atoms with Crippen LogP contribution in [0.2, 0.25) is 0 Å². The summed E-state index contributed by atoms with van der Waals surface area (Å²) >= 11 is 0. The quantitative estimate of drug-likeness (QED) is 0.668. The van der Waals surface area contributed by atoms with Gasteiger partial charge < -0.3 is 15.0 Å². The molecule has 8 heteroatoms. The highest BCUT2D eigenvalue weighted by atomic mass is 19.2. The van der Waals surface area contributed by atoms with E-state index in [-0.39, 0.29) is 5.69 Å². The van der Waals surface area contributed by atoms with E-state index >= 15 is 0 Å². The second-order valence-electron chi connectivity index (χ2n) is 5.41. The van der Waals surface area contributed by atoms with Crippen LogP contribution in [0.15, 0.2) is 30.7 Å². The molecular weight excluding hydrogens is 330 g/mol. The molecule has 0 atom stereocenters. The molecule has 25 heavy (non-hydrogen) atoms. The molecule has 0 saturated heterocycles. The molecule has 2 heterocycles. The van der Waals surface area contributed by atoms with Gasteiger partial charge in [0.2, 0.25) is 5.88 Å². The molecule has 0 saturated carbocycles. The summed E-state index contributed by atoms with van der Waals surface area (Å²) in [4.78, 5) is 23.0. The third kappa shape index (κ3) is 3.73. The van der Waals surface area contributed by atoms with Crippen LogP contribution in [0, 0.1) is 11.6 Å². The fraction of sp³-hybridized carbons (Fsp3) is 0.235. The summed E-state index contributed by atoms with van der Waals surface area (Å²) in [6, 6.07) is 2.05. The Hall–Kier alpha value is -3.03. The van der Waals surface area contributed by atoms with Crippen LogP contribution in [0.25, 0.3) is 10.9 Å². The zero-order chi connectivity index (χ0) is 17.8. The van der Waals surface area contributed by atoms with Crippen LogP contribution in [0.5, 0.6) is 5.88 Å². The molecule has 130 valence electrons. The van der Waals surface area contributed by atoms with Crippen LogP contribution in [0.4, 0.5) is 14.5 Å². The van der Waals surface area contributed by atoms with Gasteiger partial charge in [-0.3, -0.25) is 4.79 Å². The van der Waals surface area contributed by atoms with Crippen molar-refractivity contribution >= 4 is 22.5 Å². The molecule has 0 fully saturated rings. The van der Waals surface area contributed by atoms with Crippen molar-refractivity contribution in [2.75, 3.05) is 11.9 Å². The van der Waals surface area contributed by atoms with E-state index in [0.717, 1.165) is 25.0 Å². The van der Waals surface area contributed by atoms with Gasteiger partial charge >= 0.3 is 0 Å². The van der Waals surface area contributed by atoms with Crippen molar-refractivity contribution in [1.82, 2.24) is 15.0 Å². The smallest absolute Gasteiger partial charge is 0.275 e. The Morgan fingerprint density at radius 2 is 2.04 bits per heavy atom. The van der Waals surface area contributed by atoms with Gasteiger partial charge in [-0.25, -0.2) is 18.7 Å². The lowest BCUT2D eigenvalue weighted by Crippen LogP contribution is -2.14. The number of hydrogen-bond acceptors (Lipinski definition) is 4. The fourth-order valence-electron chi connectivity index (χ4n) is 2.24. The number of benzene rings is 1. The van der Waals surface area contributed by atoms with Gasteiger partial charge in [-0.05, 0) is 12.5 Å². The number of fused-ring (bicyclic) bond motifs is 1. The van der Waals surface area contributed by atoms with Gasteiger partial charge in [0.05, 0.1) is 30.2 Å². The van der Waals surface area contributed by atoms with Crippen LogP contribution in [0.1, 0.15) is 30.3 Å². The molecule has 0 aliphatic heterocycles. The first kappa shape index (κ1) is 16.8. The van der Waals surface area contributed by atoms with Crippen LogP contribution in [0.3, 0.4) is 0 Å². The van der Waals surface area contributed by atoms with Crippen LogP contribution >= 0.6 is 0 Å². The normalized spacial score (nSPS) is 10.8. The molecule has 0 bridgehead atoms. The monoisotopic (exact) mass is 346 g/mol. The van der Waals surface area contributed by atoms with Crippen molar-refractivity contribution in [3.8, 4) is 5.88 Å². The van der Waals surface area contributed by atoms with Crippen molar-refractivity contribution in [3.63, 3.8) is 0 Å². The number of rotatable bonds is 6. The largest absolute Gasteiger partial charge is 0.477 e. The highest BCUT2D eigenvalue weighted by Gasteiger charge is 2.14. The van der Waals surface area contributed by atoms with Crippen LogP contribution in [-0.4, -0.2) is 27.5 Å². The number of unbranched alkanes of at least 4 members (excludes halogenated alkanes) is 1. The summed E-state index contributed by atoms with van der Waals surface area (Å²) in [5.74, 6) is -2.12. The Labute approximate surface area is 142 Å². The number of aromatic amines is 1. The molecule has 0 spiro atoms. The van der Waals surface area contributed by atoms with Gasteiger partial charge in [-0.15, -0.1) is 0 Å². The van der Waals surface area contributed by atoms with E-state index in [4.69, 9.17) is 4.74 Å².